The van der Waals surface area contributed by atoms with E-state index in [0.29, 0.717) is 30.4 Å². The molecule has 0 aliphatic carbocycles. The second-order valence-electron chi connectivity index (χ2n) is 5.90. The van der Waals surface area contributed by atoms with Crippen molar-refractivity contribution in [2.45, 2.75) is 16.6 Å². The van der Waals surface area contributed by atoms with E-state index < -0.39 is 4.75 Å². The van der Waals surface area contributed by atoms with Gasteiger partial charge in [0.25, 0.3) is 0 Å². The summed E-state index contributed by atoms with van der Waals surface area (Å²) >= 11 is 1.24. The van der Waals surface area contributed by atoms with Gasteiger partial charge in [-0.25, -0.2) is 0 Å². The zero-order valence-corrected chi connectivity index (χ0v) is 14.3. The molecule has 0 spiro atoms. The maximum Gasteiger partial charge on any atom is 0.250 e. The van der Waals surface area contributed by atoms with Gasteiger partial charge in [-0.15, -0.1) is 0 Å². The van der Waals surface area contributed by atoms with E-state index in [1.165, 1.54) is 11.8 Å². The fraction of sp³-hybridized carbons (Fsp3) is 0.222. The fourth-order valence-corrected chi connectivity index (χ4v) is 3.79. The van der Waals surface area contributed by atoms with E-state index in [1.807, 2.05) is 24.3 Å². The fourth-order valence-electron chi connectivity index (χ4n) is 2.69. The highest BCUT2D eigenvalue weighted by Crippen LogP contribution is 2.43. The number of amides is 2. The second kappa shape index (κ2) is 6.00. The van der Waals surface area contributed by atoms with Crippen molar-refractivity contribution in [2.75, 3.05) is 23.8 Å². The van der Waals surface area contributed by atoms with Crippen LogP contribution >= 0.6 is 11.8 Å². The van der Waals surface area contributed by atoms with Crippen molar-refractivity contribution in [3.63, 3.8) is 0 Å². The lowest BCUT2D eigenvalue weighted by Gasteiger charge is -2.31. The monoisotopic (exact) mass is 356 g/mol. The molecule has 0 saturated heterocycles. The van der Waals surface area contributed by atoms with Crippen molar-refractivity contribution in [1.29, 1.82) is 0 Å². The van der Waals surface area contributed by atoms with Crippen LogP contribution in [0.4, 0.5) is 11.4 Å². The number of carbonyl (C=O) groups excluding carboxylic acids is 2. The van der Waals surface area contributed by atoms with Crippen LogP contribution in [0.5, 0.6) is 11.5 Å². The molecule has 128 valence electrons. The molecule has 0 aromatic heterocycles. The number of rotatable bonds is 2. The molecule has 0 bridgehead atoms. The average molecular weight is 356 g/mol. The van der Waals surface area contributed by atoms with Gasteiger partial charge >= 0.3 is 0 Å². The number of para-hydroxylation sites is 1. The van der Waals surface area contributed by atoms with Crippen molar-refractivity contribution < 1.29 is 19.1 Å². The third kappa shape index (κ3) is 2.80. The number of hydrogen-bond acceptors (Lipinski definition) is 5. The Morgan fingerprint density at radius 1 is 1.16 bits per heavy atom. The number of thioether (sulfide) groups is 1. The number of ether oxygens (including phenoxy) is 2. The zero-order chi connectivity index (χ0) is 17.4. The van der Waals surface area contributed by atoms with Gasteiger partial charge in [0.2, 0.25) is 11.8 Å². The largest absolute Gasteiger partial charge is 0.486 e. The Balaban J connectivity index is 1.57. The molecule has 0 fully saturated rings. The molecule has 1 atom stereocenters. The Labute approximate surface area is 148 Å². The summed E-state index contributed by atoms with van der Waals surface area (Å²) in [7, 11) is 0. The summed E-state index contributed by atoms with van der Waals surface area (Å²) in [6, 6.07) is 12.6. The SMILES string of the molecule is CC1(C(=O)Nc2ccc3c(c2)OCCO3)Sc2ccccc2NC1=O. The van der Waals surface area contributed by atoms with E-state index in [1.54, 1.807) is 25.1 Å². The second-order valence-corrected chi connectivity index (χ2v) is 7.36. The molecule has 25 heavy (non-hydrogen) atoms. The molecule has 2 amide bonds. The number of nitrogens with one attached hydrogen (secondary N) is 2. The minimum Gasteiger partial charge on any atom is -0.486 e. The zero-order valence-electron chi connectivity index (χ0n) is 13.5. The highest BCUT2D eigenvalue weighted by Gasteiger charge is 2.45. The molecule has 2 aromatic rings. The highest BCUT2D eigenvalue weighted by atomic mass is 32.2. The lowest BCUT2D eigenvalue weighted by Crippen LogP contribution is -2.49. The van der Waals surface area contributed by atoms with Crippen LogP contribution < -0.4 is 20.1 Å². The first-order chi connectivity index (χ1) is 12.1. The summed E-state index contributed by atoms with van der Waals surface area (Å²) in [5.74, 6) is 0.502. The topological polar surface area (TPSA) is 76.7 Å². The molecule has 4 rings (SSSR count). The summed E-state index contributed by atoms with van der Waals surface area (Å²) < 4.78 is 9.73. The van der Waals surface area contributed by atoms with Gasteiger partial charge in [0, 0.05) is 16.6 Å². The Morgan fingerprint density at radius 3 is 2.76 bits per heavy atom. The van der Waals surface area contributed by atoms with Gasteiger partial charge in [-0.1, -0.05) is 23.9 Å². The molecule has 6 nitrogen and oxygen atoms in total. The van der Waals surface area contributed by atoms with Crippen LogP contribution in [0.1, 0.15) is 6.92 Å². The number of benzene rings is 2. The third-order valence-corrected chi connectivity index (χ3v) is 5.47. The van der Waals surface area contributed by atoms with Gasteiger partial charge < -0.3 is 20.1 Å². The number of hydrogen-bond donors (Lipinski definition) is 2. The molecule has 0 radical (unpaired) electrons. The third-order valence-electron chi connectivity index (χ3n) is 4.12. The molecule has 1 unspecified atom stereocenters. The van der Waals surface area contributed by atoms with Crippen LogP contribution in [-0.2, 0) is 9.59 Å². The summed E-state index contributed by atoms with van der Waals surface area (Å²) in [6.45, 7) is 2.60. The first-order valence-corrected chi connectivity index (χ1v) is 8.68. The number of carbonyl (C=O) groups is 2. The molecule has 0 saturated carbocycles. The predicted octanol–water partition coefficient (Wildman–Crippen LogP) is 2.90. The van der Waals surface area contributed by atoms with Crippen LogP contribution in [0.25, 0.3) is 0 Å². The molecule has 2 heterocycles. The lowest BCUT2D eigenvalue weighted by atomic mass is 10.1. The summed E-state index contributed by atoms with van der Waals surface area (Å²) in [5, 5.41) is 5.61. The van der Waals surface area contributed by atoms with Crippen molar-refractivity contribution in [2.24, 2.45) is 0 Å². The Kier molecular flexibility index (Phi) is 3.80. The normalized spacial score (nSPS) is 21.1. The van der Waals surface area contributed by atoms with Gasteiger partial charge in [-0.3, -0.25) is 9.59 Å². The van der Waals surface area contributed by atoms with Crippen LogP contribution in [0, 0.1) is 0 Å². The molecular weight excluding hydrogens is 340 g/mol. The molecule has 7 heteroatoms. The maximum absolute atomic E-state index is 12.8. The first-order valence-electron chi connectivity index (χ1n) is 7.87. The van der Waals surface area contributed by atoms with Gasteiger partial charge in [0.15, 0.2) is 16.2 Å². The first kappa shape index (κ1) is 15.8. The van der Waals surface area contributed by atoms with Crippen molar-refractivity contribution >= 4 is 35.0 Å². The van der Waals surface area contributed by atoms with E-state index in [-0.39, 0.29) is 11.8 Å². The standard InChI is InChI=1S/C18H16N2O4S/c1-18(17(22)20-12-4-2-3-5-15(12)25-18)16(21)19-11-6-7-13-14(10-11)24-9-8-23-13/h2-7,10H,8-9H2,1H3,(H,19,21)(H,20,22). The van der Waals surface area contributed by atoms with Gasteiger partial charge in [0.1, 0.15) is 13.2 Å². The van der Waals surface area contributed by atoms with E-state index in [0.717, 1.165) is 10.6 Å². The van der Waals surface area contributed by atoms with E-state index in [9.17, 15) is 9.59 Å². The summed E-state index contributed by atoms with van der Waals surface area (Å²) in [6.07, 6.45) is 0. The quantitative estimate of drug-likeness (QED) is 0.809. The van der Waals surface area contributed by atoms with Crippen LogP contribution in [-0.4, -0.2) is 29.8 Å². The number of anilines is 2. The van der Waals surface area contributed by atoms with Crippen molar-refractivity contribution in [3.8, 4) is 11.5 Å². The van der Waals surface area contributed by atoms with Crippen molar-refractivity contribution in [1.82, 2.24) is 0 Å². The van der Waals surface area contributed by atoms with Gasteiger partial charge in [-0.2, -0.15) is 0 Å². The lowest BCUT2D eigenvalue weighted by molar-refractivity contribution is -0.126. The average Bonchev–Trinajstić information content (AvgIpc) is 2.62. The van der Waals surface area contributed by atoms with Crippen LogP contribution in [0.15, 0.2) is 47.4 Å². The van der Waals surface area contributed by atoms with Crippen LogP contribution in [0.2, 0.25) is 0 Å². The molecule has 2 N–H and O–H groups in total. The number of fused-ring (bicyclic) bond motifs is 2. The molecular formula is C18H16N2O4S. The van der Waals surface area contributed by atoms with Crippen molar-refractivity contribution in [3.05, 3.63) is 42.5 Å². The highest BCUT2D eigenvalue weighted by molar-refractivity contribution is 8.02. The molecule has 2 aliphatic heterocycles. The summed E-state index contributed by atoms with van der Waals surface area (Å²) in [5.41, 5.74) is 1.28. The van der Waals surface area contributed by atoms with Gasteiger partial charge in [0.05, 0.1) is 5.69 Å². The van der Waals surface area contributed by atoms with Gasteiger partial charge in [-0.05, 0) is 31.2 Å². The molecule has 2 aromatic carbocycles. The minimum absolute atomic E-state index is 0.341. The maximum atomic E-state index is 12.8. The summed E-state index contributed by atoms with van der Waals surface area (Å²) in [4.78, 5) is 26.2. The Morgan fingerprint density at radius 2 is 1.92 bits per heavy atom. The predicted molar refractivity (Wildman–Crippen MR) is 95.4 cm³/mol. The van der Waals surface area contributed by atoms with Crippen LogP contribution in [0.3, 0.4) is 0 Å². The Bertz CT molecular complexity index is 870. The minimum atomic E-state index is -1.26. The van der Waals surface area contributed by atoms with E-state index in [4.69, 9.17) is 9.47 Å². The smallest absolute Gasteiger partial charge is 0.250 e. The van der Waals surface area contributed by atoms with E-state index in [2.05, 4.69) is 10.6 Å². The van der Waals surface area contributed by atoms with E-state index >= 15 is 0 Å². The Hall–Kier alpha value is -2.67. The molecule has 2 aliphatic rings.